The Balaban J connectivity index is 1.81. The van der Waals surface area contributed by atoms with Crippen LogP contribution in [0.25, 0.3) is 0 Å². The highest BCUT2D eigenvalue weighted by molar-refractivity contribution is 7.92. The number of hydrogen-bond donors (Lipinski definition) is 2. The lowest BCUT2D eigenvalue weighted by Crippen LogP contribution is -2.23. The van der Waals surface area contributed by atoms with Crippen LogP contribution in [-0.2, 0) is 16.6 Å². The van der Waals surface area contributed by atoms with Crippen molar-refractivity contribution < 1.29 is 17.6 Å². The van der Waals surface area contributed by atoms with E-state index in [0.29, 0.717) is 11.4 Å². The molecule has 0 radical (unpaired) electrons. The van der Waals surface area contributed by atoms with Gasteiger partial charge in [0.2, 0.25) is 0 Å². The van der Waals surface area contributed by atoms with Gasteiger partial charge in [-0.15, -0.1) is 0 Å². The number of aryl methyl sites for hydroxylation is 1. The highest BCUT2D eigenvalue weighted by atomic mass is 35.5. The van der Waals surface area contributed by atoms with Crippen molar-refractivity contribution in [1.82, 2.24) is 5.32 Å². The predicted octanol–water partition coefficient (Wildman–Crippen LogP) is 3.97. The van der Waals surface area contributed by atoms with Crippen LogP contribution in [-0.4, -0.2) is 14.3 Å². The molecule has 27 heavy (non-hydrogen) atoms. The molecule has 0 fully saturated rings. The number of furan rings is 1. The first-order valence-electron chi connectivity index (χ1n) is 8.05. The summed E-state index contributed by atoms with van der Waals surface area (Å²) in [5.41, 5.74) is 1.59. The van der Waals surface area contributed by atoms with E-state index >= 15 is 0 Å². The molecule has 0 saturated carbocycles. The maximum Gasteiger partial charge on any atom is 0.263 e. The number of benzene rings is 2. The molecule has 1 aromatic heterocycles. The van der Waals surface area contributed by atoms with Crippen LogP contribution in [0.4, 0.5) is 5.69 Å². The van der Waals surface area contributed by atoms with Crippen LogP contribution in [0.2, 0.25) is 5.02 Å². The lowest BCUT2D eigenvalue weighted by Gasteiger charge is -2.11. The van der Waals surface area contributed by atoms with E-state index < -0.39 is 15.9 Å². The second kappa shape index (κ2) is 7.85. The zero-order valence-corrected chi connectivity index (χ0v) is 16.0. The summed E-state index contributed by atoms with van der Waals surface area (Å²) in [5.74, 6) is 0.154. The molecular weight excluding hydrogens is 388 g/mol. The number of sulfonamides is 1. The quantitative estimate of drug-likeness (QED) is 0.650. The zero-order valence-electron chi connectivity index (χ0n) is 14.4. The summed E-state index contributed by atoms with van der Waals surface area (Å²) < 4.78 is 33.0. The molecule has 0 spiro atoms. The Bertz CT molecular complexity index is 1050. The topological polar surface area (TPSA) is 88.4 Å². The first kappa shape index (κ1) is 19.0. The highest BCUT2D eigenvalue weighted by Gasteiger charge is 2.20. The van der Waals surface area contributed by atoms with Gasteiger partial charge in [-0.1, -0.05) is 29.3 Å². The molecular formula is C19H17ClN2O4S. The third-order valence-electron chi connectivity index (χ3n) is 3.79. The number of halogens is 1. The summed E-state index contributed by atoms with van der Waals surface area (Å²) in [6.45, 7) is 2.10. The molecule has 0 saturated heterocycles. The summed E-state index contributed by atoms with van der Waals surface area (Å²) in [7, 11) is -3.95. The van der Waals surface area contributed by atoms with Gasteiger partial charge in [0.05, 0.1) is 17.8 Å². The number of carbonyl (C=O) groups is 1. The molecule has 0 unspecified atom stereocenters. The smallest absolute Gasteiger partial charge is 0.263 e. The van der Waals surface area contributed by atoms with E-state index in [1.165, 1.54) is 24.5 Å². The number of hydrogen-bond acceptors (Lipinski definition) is 4. The molecule has 3 rings (SSSR count). The van der Waals surface area contributed by atoms with Crippen molar-refractivity contribution in [1.29, 1.82) is 0 Å². The van der Waals surface area contributed by atoms with Gasteiger partial charge < -0.3 is 9.73 Å². The number of carbonyl (C=O) groups excluding carboxylic acids is 1. The largest absolute Gasteiger partial charge is 0.467 e. The minimum absolute atomic E-state index is 0.0252. The van der Waals surface area contributed by atoms with E-state index in [1.807, 2.05) is 6.92 Å². The number of anilines is 1. The Hall–Kier alpha value is -2.77. The summed E-state index contributed by atoms with van der Waals surface area (Å²) in [6, 6.07) is 14.4. The monoisotopic (exact) mass is 404 g/mol. The Kier molecular flexibility index (Phi) is 5.53. The maximum atomic E-state index is 12.7. The summed E-state index contributed by atoms with van der Waals surface area (Å²) in [5, 5.41) is 2.69. The summed E-state index contributed by atoms with van der Waals surface area (Å²) in [4.78, 5) is 12.1. The fraction of sp³-hybridized carbons (Fsp3) is 0.105. The fourth-order valence-corrected chi connectivity index (χ4v) is 3.95. The van der Waals surface area contributed by atoms with Gasteiger partial charge in [0, 0.05) is 11.3 Å². The molecule has 0 bridgehead atoms. The standard InChI is InChI=1S/C19H17ClN2O4S/c1-13-4-7-15(8-5-13)22-27(24,25)18-11-14(6-9-17(18)20)19(23)21-12-16-3-2-10-26-16/h2-11,22H,12H2,1H3,(H,21,23). The van der Waals surface area contributed by atoms with Crippen molar-refractivity contribution >= 4 is 33.2 Å². The lowest BCUT2D eigenvalue weighted by atomic mass is 10.2. The van der Waals surface area contributed by atoms with Crippen molar-refractivity contribution in [2.24, 2.45) is 0 Å². The van der Waals surface area contributed by atoms with E-state index in [9.17, 15) is 13.2 Å². The fourth-order valence-electron chi connectivity index (χ4n) is 2.36. The molecule has 140 valence electrons. The van der Waals surface area contributed by atoms with Gasteiger partial charge in [-0.2, -0.15) is 0 Å². The van der Waals surface area contributed by atoms with Crippen molar-refractivity contribution in [3.05, 3.63) is 82.8 Å². The van der Waals surface area contributed by atoms with E-state index in [4.69, 9.17) is 16.0 Å². The third-order valence-corrected chi connectivity index (χ3v) is 5.65. The van der Waals surface area contributed by atoms with Crippen molar-refractivity contribution in [3.63, 3.8) is 0 Å². The Labute approximate surface area is 162 Å². The molecule has 3 aromatic rings. The first-order valence-corrected chi connectivity index (χ1v) is 9.91. The second-order valence-electron chi connectivity index (χ2n) is 5.88. The molecule has 2 aromatic carbocycles. The van der Waals surface area contributed by atoms with Crippen molar-refractivity contribution in [2.75, 3.05) is 4.72 Å². The molecule has 0 atom stereocenters. The SMILES string of the molecule is Cc1ccc(NS(=O)(=O)c2cc(C(=O)NCc3ccco3)ccc2Cl)cc1. The van der Waals surface area contributed by atoms with Crippen LogP contribution < -0.4 is 10.0 Å². The van der Waals surface area contributed by atoms with Gasteiger partial charge in [-0.25, -0.2) is 8.42 Å². The van der Waals surface area contributed by atoms with E-state index in [0.717, 1.165) is 5.56 Å². The molecule has 0 aliphatic carbocycles. The number of rotatable bonds is 6. The van der Waals surface area contributed by atoms with E-state index in [2.05, 4.69) is 10.0 Å². The van der Waals surface area contributed by atoms with Crippen LogP contribution in [0.5, 0.6) is 0 Å². The molecule has 0 aliphatic heterocycles. The molecule has 1 heterocycles. The minimum atomic E-state index is -3.95. The van der Waals surface area contributed by atoms with Crippen LogP contribution in [0.1, 0.15) is 21.7 Å². The number of nitrogens with one attached hydrogen (secondary N) is 2. The lowest BCUT2D eigenvalue weighted by molar-refractivity contribution is 0.0948. The average Bonchev–Trinajstić information content (AvgIpc) is 3.15. The maximum absolute atomic E-state index is 12.7. The van der Waals surface area contributed by atoms with Gasteiger partial charge in [0.25, 0.3) is 15.9 Å². The molecule has 8 heteroatoms. The highest BCUT2D eigenvalue weighted by Crippen LogP contribution is 2.25. The van der Waals surface area contributed by atoms with Gasteiger partial charge in [0.1, 0.15) is 10.7 Å². The van der Waals surface area contributed by atoms with Gasteiger partial charge in [-0.05, 0) is 49.4 Å². The van der Waals surface area contributed by atoms with Gasteiger partial charge >= 0.3 is 0 Å². The third kappa shape index (κ3) is 4.69. The molecule has 1 amide bonds. The molecule has 2 N–H and O–H groups in total. The Morgan fingerprint density at radius 2 is 1.85 bits per heavy atom. The molecule has 0 aliphatic rings. The second-order valence-corrected chi connectivity index (χ2v) is 7.94. The zero-order chi connectivity index (χ0) is 19.4. The molecule has 6 nitrogen and oxygen atoms in total. The van der Waals surface area contributed by atoms with Crippen LogP contribution in [0, 0.1) is 6.92 Å². The van der Waals surface area contributed by atoms with Crippen molar-refractivity contribution in [3.8, 4) is 0 Å². The van der Waals surface area contributed by atoms with E-state index in [-0.39, 0.29) is 22.0 Å². The summed E-state index contributed by atoms with van der Waals surface area (Å²) in [6.07, 6.45) is 1.51. The van der Waals surface area contributed by atoms with Crippen molar-refractivity contribution in [2.45, 2.75) is 18.4 Å². The normalized spacial score (nSPS) is 11.2. The van der Waals surface area contributed by atoms with Gasteiger partial charge in [0.15, 0.2) is 0 Å². The minimum Gasteiger partial charge on any atom is -0.467 e. The predicted molar refractivity (Wildman–Crippen MR) is 103 cm³/mol. The van der Waals surface area contributed by atoms with E-state index in [1.54, 1.807) is 36.4 Å². The Morgan fingerprint density at radius 3 is 2.52 bits per heavy atom. The Morgan fingerprint density at radius 1 is 1.11 bits per heavy atom. The van der Waals surface area contributed by atoms with Crippen LogP contribution in [0.15, 0.2) is 70.2 Å². The number of amides is 1. The average molecular weight is 405 g/mol. The summed E-state index contributed by atoms with van der Waals surface area (Å²) >= 11 is 6.07. The van der Waals surface area contributed by atoms with Crippen LogP contribution >= 0.6 is 11.6 Å². The van der Waals surface area contributed by atoms with Crippen LogP contribution in [0.3, 0.4) is 0 Å². The van der Waals surface area contributed by atoms with Gasteiger partial charge in [-0.3, -0.25) is 9.52 Å². The first-order chi connectivity index (χ1) is 12.8.